The van der Waals surface area contributed by atoms with Gasteiger partial charge in [-0.2, -0.15) is 5.26 Å². The van der Waals surface area contributed by atoms with Crippen molar-refractivity contribution >= 4 is 89.6 Å². The maximum atomic E-state index is 13.4. The van der Waals surface area contributed by atoms with Crippen LogP contribution in [0.3, 0.4) is 0 Å². The van der Waals surface area contributed by atoms with Crippen LogP contribution in [0, 0.1) is 36.0 Å². The van der Waals surface area contributed by atoms with Crippen molar-refractivity contribution in [2.45, 2.75) is 98.1 Å². The molecule has 28 heteroatoms. The second kappa shape index (κ2) is 19.2. The number of nitriles is 1. The largest absolute Gasteiger partial charge is 0.274 e. The summed E-state index contributed by atoms with van der Waals surface area (Å²) in [7, 11) is -15.5. The Labute approximate surface area is 462 Å². The average molecular weight is 1210 g/mol. The third-order valence-electron chi connectivity index (χ3n) is 15.1. The number of nitrogens with one attached hydrogen (secondary N) is 2. The van der Waals surface area contributed by atoms with Crippen LogP contribution in [0.2, 0.25) is 0 Å². The normalized spacial score (nSPS) is 19.2. The van der Waals surface area contributed by atoms with Gasteiger partial charge in [0.2, 0.25) is 0 Å². The lowest BCUT2D eigenvalue weighted by Gasteiger charge is -2.51. The van der Waals surface area contributed by atoms with Crippen molar-refractivity contribution in [1.82, 2.24) is 66.5 Å². The fourth-order valence-corrected chi connectivity index (χ4v) is 15.6. The number of fused-ring (bicyclic) bond motifs is 6. The molecule has 79 heavy (non-hydrogen) atoms. The molecule has 0 amide bonds. The Morgan fingerprint density at radius 3 is 1.33 bits per heavy atom. The van der Waals surface area contributed by atoms with E-state index >= 15 is 0 Å². The zero-order valence-electron chi connectivity index (χ0n) is 42.9. The number of benzene rings is 2. The standard InChI is InChI=1S/C26H24N8O4S2.C25H24BrN7O4S2/c1-16-4-7-18(8-5-16)40(37,38)33-11-10-20-25(33)29-15-22-30-31-24(34(20)22)19-12-21(26(19,2)3)32-39(35,36)23-9-6-17(13-27)14-28-23;1-15-4-7-17(8-5-15)39(36,37)32-11-10-19-24(32)28-14-21-29-30-23(33(19)21)18-12-20(25(18,2)3)31-38(34,35)22-9-6-16(26)13-27-22/h4-11,14-15,19,21,32H,12H2,1-3H3;4-11,13-14,18,20,31H,12H2,1-3H3/t19-,21-;18-,20-/m11/s1. The van der Waals surface area contributed by atoms with Crippen molar-refractivity contribution < 1.29 is 33.7 Å². The van der Waals surface area contributed by atoms with Crippen LogP contribution in [0.15, 0.2) is 146 Å². The topological polar surface area (TPSA) is 306 Å². The first kappa shape index (κ1) is 53.6. The number of sulfonamides is 2. The van der Waals surface area contributed by atoms with Gasteiger partial charge in [-0.3, -0.25) is 8.80 Å². The van der Waals surface area contributed by atoms with Crippen molar-refractivity contribution in [1.29, 1.82) is 5.26 Å². The number of halogens is 1. The van der Waals surface area contributed by atoms with E-state index in [9.17, 15) is 33.7 Å². The van der Waals surface area contributed by atoms with Crippen LogP contribution in [-0.2, 0) is 40.1 Å². The van der Waals surface area contributed by atoms with Crippen LogP contribution in [0.4, 0.5) is 0 Å². The number of hydrogen-bond acceptors (Lipinski definition) is 17. The van der Waals surface area contributed by atoms with E-state index < -0.39 is 57.0 Å². The second-order valence-electron chi connectivity index (χ2n) is 20.7. The fourth-order valence-electron chi connectivity index (χ4n) is 10.1. The van der Waals surface area contributed by atoms with Gasteiger partial charge in [0.15, 0.2) is 32.6 Å². The number of rotatable bonds is 12. The molecule has 10 aromatic rings. The van der Waals surface area contributed by atoms with Gasteiger partial charge in [0, 0.05) is 53.2 Å². The predicted molar refractivity (Wildman–Crippen MR) is 291 cm³/mol. The first-order valence-electron chi connectivity index (χ1n) is 24.4. The minimum absolute atomic E-state index is 0.0539. The molecule has 2 aromatic carbocycles. The van der Waals surface area contributed by atoms with Crippen molar-refractivity contribution in [2.24, 2.45) is 10.8 Å². The van der Waals surface area contributed by atoms with Crippen LogP contribution in [0.5, 0.6) is 0 Å². The third-order valence-corrected chi connectivity index (χ3v) is 21.8. The number of nitrogens with zero attached hydrogens (tertiary/aromatic N) is 13. The molecular weight excluding hydrogens is 1160 g/mol. The molecule has 8 aromatic heterocycles. The molecule has 0 aliphatic heterocycles. The summed E-state index contributed by atoms with van der Waals surface area (Å²) in [5, 5.41) is 26.1. The first-order valence-corrected chi connectivity index (χ1v) is 31.1. The molecule has 0 unspecified atom stereocenters. The summed E-state index contributed by atoms with van der Waals surface area (Å²) in [5.74, 6) is 0.863. The maximum Gasteiger partial charge on any atom is 0.269 e. The SMILES string of the molecule is Cc1ccc(S(=O)(=O)n2ccc3c2ncc2nnc([C@H]4C[C@@H](NS(=O)(=O)c5ccc(Br)cn5)C4(C)C)n23)cc1.Cc1ccc(S(=O)(=O)n2ccc3c2ncc2nnc([C@H]4C[C@@H](NS(=O)(=O)c5ccc(C#N)cn5)C4(C)C)n23)cc1. The van der Waals surface area contributed by atoms with Crippen LogP contribution in [0.25, 0.3) is 33.6 Å². The van der Waals surface area contributed by atoms with Gasteiger partial charge < -0.3 is 0 Å². The van der Waals surface area contributed by atoms with Gasteiger partial charge in [-0.1, -0.05) is 63.1 Å². The lowest BCUT2D eigenvalue weighted by Crippen LogP contribution is -2.57. The molecule has 2 aliphatic rings. The van der Waals surface area contributed by atoms with Gasteiger partial charge in [0.25, 0.3) is 40.1 Å². The van der Waals surface area contributed by atoms with Gasteiger partial charge in [-0.05, 0) is 114 Å². The zero-order valence-corrected chi connectivity index (χ0v) is 47.7. The minimum atomic E-state index is -3.92. The summed E-state index contributed by atoms with van der Waals surface area (Å²) in [5.41, 5.74) is 3.57. The highest BCUT2D eigenvalue weighted by Gasteiger charge is 2.54. The molecular formula is C51H48BrN15O8S4. The smallest absolute Gasteiger partial charge is 0.269 e. The van der Waals surface area contributed by atoms with E-state index in [0.717, 1.165) is 19.1 Å². The lowest BCUT2D eigenvalue weighted by atomic mass is 9.58. The molecule has 0 bridgehead atoms. The van der Waals surface area contributed by atoms with Crippen LogP contribution < -0.4 is 9.44 Å². The Balaban J connectivity index is 0.000000167. The van der Waals surface area contributed by atoms with Gasteiger partial charge in [0.05, 0.1) is 38.8 Å². The molecule has 2 aliphatic carbocycles. The second-order valence-corrected chi connectivity index (χ2v) is 28.5. The lowest BCUT2D eigenvalue weighted by molar-refractivity contribution is 0.0796. The molecule has 2 N–H and O–H groups in total. The predicted octanol–water partition coefficient (Wildman–Crippen LogP) is 6.39. The molecule has 406 valence electrons. The summed E-state index contributed by atoms with van der Waals surface area (Å²) >= 11 is 3.27. The number of aromatic nitrogens is 12. The third kappa shape index (κ3) is 9.15. The van der Waals surface area contributed by atoms with E-state index in [2.05, 4.69) is 65.7 Å². The molecule has 2 fully saturated rings. The van der Waals surface area contributed by atoms with E-state index in [1.54, 1.807) is 75.5 Å². The Kier molecular flexibility index (Phi) is 13.0. The van der Waals surface area contributed by atoms with Crippen LogP contribution in [0.1, 0.15) is 80.7 Å². The fraction of sp³-hybridized carbons (Fsp3) is 0.275. The van der Waals surface area contributed by atoms with Crippen molar-refractivity contribution in [2.75, 3.05) is 0 Å². The first-order chi connectivity index (χ1) is 37.3. The molecule has 0 radical (unpaired) electrons. The molecule has 12 rings (SSSR count). The maximum absolute atomic E-state index is 13.4. The van der Waals surface area contributed by atoms with E-state index in [1.165, 1.54) is 55.4 Å². The van der Waals surface area contributed by atoms with Crippen LogP contribution in [-0.4, -0.2) is 103 Å². The van der Waals surface area contributed by atoms with Gasteiger partial charge in [-0.15, -0.1) is 20.4 Å². The van der Waals surface area contributed by atoms with Gasteiger partial charge >= 0.3 is 0 Å². The molecule has 0 saturated heterocycles. The van der Waals surface area contributed by atoms with Crippen molar-refractivity contribution in [3.8, 4) is 6.07 Å². The Morgan fingerprint density at radius 1 is 0.544 bits per heavy atom. The Hall–Kier alpha value is -7.39. The molecule has 23 nitrogen and oxygen atoms in total. The highest BCUT2D eigenvalue weighted by Crippen LogP contribution is 2.54. The highest BCUT2D eigenvalue weighted by molar-refractivity contribution is 9.10. The molecule has 0 spiro atoms. The molecule has 2 saturated carbocycles. The Morgan fingerprint density at radius 2 is 0.962 bits per heavy atom. The summed E-state index contributed by atoms with van der Waals surface area (Å²) in [6, 6.07) is 23.5. The van der Waals surface area contributed by atoms with Crippen molar-refractivity contribution in [3.63, 3.8) is 0 Å². The van der Waals surface area contributed by atoms with E-state index in [1.807, 2.05) is 47.6 Å². The number of pyridine rings is 2. The van der Waals surface area contributed by atoms with E-state index in [4.69, 9.17) is 5.26 Å². The molecule has 4 atom stereocenters. The van der Waals surface area contributed by atoms with E-state index in [0.29, 0.717) is 51.3 Å². The van der Waals surface area contributed by atoms with Gasteiger partial charge in [0.1, 0.15) is 17.7 Å². The highest BCUT2D eigenvalue weighted by atomic mass is 79.9. The van der Waals surface area contributed by atoms with Crippen LogP contribution >= 0.6 is 15.9 Å². The average Bonchev–Trinajstić information content (AvgIpc) is 4.47. The Bertz CT molecular complexity index is 4580. The van der Waals surface area contributed by atoms with E-state index in [-0.39, 0.29) is 54.6 Å². The quantitative estimate of drug-likeness (QED) is 0.134. The summed E-state index contributed by atoms with van der Waals surface area (Å²) in [6.45, 7) is 11.6. The van der Waals surface area contributed by atoms with Gasteiger partial charge in [-0.25, -0.2) is 71.0 Å². The molecule has 8 heterocycles. The minimum Gasteiger partial charge on any atom is -0.274 e. The summed E-state index contributed by atoms with van der Waals surface area (Å²) in [6.07, 6.45) is 9.48. The summed E-state index contributed by atoms with van der Waals surface area (Å²) < 4.78 is 118. The monoisotopic (exact) mass is 1210 g/mol. The zero-order chi connectivity index (χ0) is 56.2. The summed E-state index contributed by atoms with van der Waals surface area (Å²) in [4.78, 5) is 17.0. The van der Waals surface area contributed by atoms with Crippen molar-refractivity contribution in [3.05, 3.63) is 155 Å². The number of hydrogen-bond donors (Lipinski definition) is 2. The number of aryl methyl sites for hydroxylation is 2.